The Morgan fingerprint density at radius 2 is 1.86 bits per heavy atom. The van der Waals surface area contributed by atoms with Gasteiger partial charge in [-0.05, 0) is 12.5 Å². The average molecular weight is 320 g/mol. The minimum Gasteiger partial charge on any atom is -0.428 e. The molecule has 22 heavy (non-hydrogen) atoms. The smallest absolute Gasteiger partial charge is 0.428 e. The van der Waals surface area contributed by atoms with Crippen LogP contribution in [0.4, 0.5) is 17.6 Å². The molecule has 0 saturated carbocycles. The number of piperazine rings is 1. The molecule has 0 amide bonds. The van der Waals surface area contributed by atoms with E-state index in [1.807, 2.05) is 6.92 Å². The van der Waals surface area contributed by atoms with Crippen LogP contribution < -0.4 is 10.1 Å². The molecule has 1 N–H and O–H groups in total. The molecule has 3 nitrogen and oxygen atoms in total. The molecular formula is C15H20F4N2O. The monoisotopic (exact) mass is 320 g/mol. The van der Waals surface area contributed by atoms with Gasteiger partial charge in [0.25, 0.3) is 0 Å². The molecule has 0 aliphatic carbocycles. The van der Waals surface area contributed by atoms with Gasteiger partial charge in [-0.15, -0.1) is 0 Å². The number of hydrogen-bond donors (Lipinski definition) is 1. The molecule has 2 rings (SSSR count). The van der Waals surface area contributed by atoms with Gasteiger partial charge in [-0.25, -0.2) is 0 Å². The Kier molecular flexibility index (Phi) is 5.63. The largest absolute Gasteiger partial charge is 0.461 e. The first-order chi connectivity index (χ1) is 10.5. The van der Waals surface area contributed by atoms with E-state index in [0.29, 0.717) is 12.0 Å². The summed E-state index contributed by atoms with van der Waals surface area (Å²) in [5, 5.41) is 3.22. The van der Waals surface area contributed by atoms with Crippen molar-refractivity contribution in [3.63, 3.8) is 0 Å². The number of nitrogens with one attached hydrogen (secondary N) is 1. The lowest BCUT2D eigenvalue weighted by Gasteiger charge is -2.35. The highest BCUT2D eigenvalue weighted by Gasteiger charge is 2.44. The minimum absolute atomic E-state index is 0.133. The average Bonchev–Trinajstić information content (AvgIpc) is 2.50. The molecule has 1 aromatic carbocycles. The van der Waals surface area contributed by atoms with E-state index in [1.165, 1.54) is 12.1 Å². The predicted molar refractivity (Wildman–Crippen MR) is 75.5 cm³/mol. The number of benzene rings is 1. The van der Waals surface area contributed by atoms with Crippen molar-refractivity contribution in [2.75, 3.05) is 26.2 Å². The molecule has 0 bridgehead atoms. The lowest BCUT2D eigenvalue weighted by Crippen LogP contribution is -2.45. The van der Waals surface area contributed by atoms with Gasteiger partial charge < -0.3 is 10.1 Å². The molecule has 1 aliphatic heterocycles. The third-order valence-electron chi connectivity index (χ3n) is 3.76. The third kappa shape index (κ3) is 3.89. The molecule has 7 heteroatoms. The molecule has 1 aliphatic rings. The van der Waals surface area contributed by atoms with Crippen LogP contribution in [0.3, 0.4) is 0 Å². The molecule has 124 valence electrons. The van der Waals surface area contributed by atoms with Crippen LogP contribution in [0.1, 0.15) is 24.9 Å². The topological polar surface area (TPSA) is 24.5 Å². The van der Waals surface area contributed by atoms with Gasteiger partial charge in [0, 0.05) is 37.8 Å². The van der Waals surface area contributed by atoms with Crippen molar-refractivity contribution in [3.8, 4) is 5.75 Å². The number of halogens is 4. The Morgan fingerprint density at radius 1 is 1.23 bits per heavy atom. The molecule has 1 atom stereocenters. The van der Waals surface area contributed by atoms with Gasteiger partial charge in [0.15, 0.2) is 0 Å². The highest BCUT2D eigenvalue weighted by Crippen LogP contribution is 2.36. The second-order valence-corrected chi connectivity index (χ2v) is 5.21. The van der Waals surface area contributed by atoms with Gasteiger partial charge in [0.05, 0.1) is 0 Å². The van der Waals surface area contributed by atoms with E-state index < -0.39 is 12.5 Å². The Morgan fingerprint density at radius 3 is 2.45 bits per heavy atom. The minimum atomic E-state index is -4.49. The highest BCUT2D eigenvalue weighted by atomic mass is 19.3. The number of nitrogens with zero attached hydrogens (tertiary/aromatic N) is 1. The molecular weight excluding hydrogens is 300 g/mol. The van der Waals surface area contributed by atoms with Crippen LogP contribution in [-0.4, -0.2) is 43.6 Å². The second kappa shape index (κ2) is 7.28. The van der Waals surface area contributed by atoms with Crippen molar-refractivity contribution in [2.45, 2.75) is 31.9 Å². The highest BCUT2D eigenvalue weighted by molar-refractivity contribution is 5.36. The number of alkyl halides is 4. The summed E-state index contributed by atoms with van der Waals surface area (Å²) < 4.78 is 55.5. The Bertz CT molecular complexity index is 478. The van der Waals surface area contributed by atoms with E-state index in [0.717, 1.165) is 26.2 Å². The standard InChI is InChI=1S/C15H20F4N2O/c1-2-12(21-9-7-20-8-10-21)11-5-3-4-6-13(11)22-15(18,19)14(16)17/h3-6,12,14,20H,2,7-10H2,1H3/t12-/m0/s1. The fourth-order valence-corrected chi connectivity index (χ4v) is 2.71. The van der Waals surface area contributed by atoms with Gasteiger partial charge in [-0.3, -0.25) is 4.90 Å². The SMILES string of the molecule is CC[C@@H](c1ccccc1OC(F)(F)C(F)F)N1CCNCC1. The summed E-state index contributed by atoms with van der Waals surface area (Å²) in [4.78, 5) is 2.15. The van der Waals surface area contributed by atoms with Crippen molar-refractivity contribution >= 4 is 0 Å². The number of ether oxygens (including phenoxy) is 1. The zero-order valence-electron chi connectivity index (χ0n) is 12.4. The van der Waals surface area contributed by atoms with Crippen molar-refractivity contribution in [3.05, 3.63) is 29.8 Å². The van der Waals surface area contributed by atoms with Gasteiger partial charge in [0.1, 0.15) is 5.75 Å². The zero-order chi connectivity index (χ0) is 16.2. The van der Waals surface area contributed by atoms with Crippen molar-refractivity contribution in [1.82, 2.24) is 10.2 Å². The normalized spacial score (nSPS) is 18.5. The van der Waals surface area contributed by atoms with Crippen molar-refractivity contribution in [1.29, 1.82) is 0 Å². The lowest BCUT2D eigenvalue weighted by molar-refractivity contribution is -0.253. The summed E-state index contributed by atoms with van der Waals surface area (Å²) in [5.41, 5.74) is 0.521. The summed E-state index contributed by atoms with van der Waals surface area (Å²) in [6, 6.07) is 6.05. The summed E-state index contributed by atoms with van der Waals surface area (Å²) in [7, 11) is 0. The molecule has 1 aromatic rings. The van der Waals surface area contributed by atoms with Crippen LogP contribution in [0.5, 0.6) is 5.75 Å². The van der Waals surface area contributed by atoms with E-state index in [9.17, 15) is 17.6 Å². The van der Waals surface area contributed by atoms with Crippen molar-refractivity contribution in [2.24, 2.45) is 0 Å². The molecule has 1 fully saturated rings. The zero-order valence-corrected chi connectivity index (χ0v) is 12.4. The predicted octanol–water partition coefficient (Wildman–Crippen LogP) is 3.28. The fraction of sp³-hybridized carbons (Fsp3) is 0.600. The van der Waals surface area contributed by atoms with Gasteiger partial charge in [-0.1, -0.05) is 25.1 Å². The number of rotatable bonds is 6. The Labute approximate surface area is 127 Å². The molecule has 1 saturated heterocycles. The first kappa shape index (κ1) is 17.0. The third-order valence-corrected chi connectivity index (χ3v) is 3.76. The lowest BCUT2D eigenvalue weighted by atomic mass is 10.0. The Hall–Kier alpha value is -1.34. The number of para-hydroxylation sites is 1. The summed E-state index contributed by atoms with van der Waals surface area (Å²) in [6.45, 7) is 5.12. The maximum Gasteiger partial charge on any atom is 0.461 e. The van der Waals surface area contributed by atoms with Crippen molar-refractivity contribution < 1.29 is 22.3 Å². The Balaban J connectivity index is 2.25. The van der Waals surface area contributed by atoms with Crippen LogP contribution in [-0.2, 0) is 0 Å². The van der Waals surface area contributed by atoms with E-state index in [4.69, 9.17) is 0 Å². The van der Waals surface area contributed by atoms with E-state index in [2.05, 4.69) is 15.0 Å². The molecule has 0 spiro atoms. The maximum absolute atomic E-state index is 13.2. The second-order valence-electron chi connectivity index (χ2n) is 5.21. The molecule has 1 heterocycles. The van der Waals surface area contributed by atoms with Gasteiger partial charge >= 0.3 is 12.5 Å². The molecule has 0 radical (unpaired) electrons. The maximum atomic E-state index is 13.2. The first-order valence-electron chi connectivity index (χ1n) is 7.34. The quantitative estimate of drug-likeness (QED) is 0.814. The fourth-order valence-electron chi connectivity index (χ4n) is 2.71. The van der Waals surface area contributed by atoms with Crippen LogP contribution in [0.15, 0.2) is 24.3 Å². The van der Waals surface area contributed by atoms with Gasteiger partial charge in [-0.2, -0.15) is 17.6 Å². The van der Waals surface area contributed by atoms with E-state index in [-0.39, 0.29) is 11.8 Å². The van der Waals surface area contributed by atoms with Crippen LogP contribution in [0.2, 0.25) is 0 Å². The van der Waals surface area contributed by atoms with Gasteiger partial charge in [0.2, 0.25) is 0 Å². The summed E-state index contributed by atoms with van der Waals surface area (Å²) in [5.74, 6) is -0.182. The van der Waals surface area contributed by atoms with Crippen LogP contribution in [0, 0.1) is 0 Å². The first-order valence-corrected chi connectivity index (χ1v) is 7.34. The molecule has 0 aromatic heterocycles. The summed E-state index contributed by atoms with van der Waals surface area (Å²) >= 11 is 0. The van der Waals surface area contributed by atoms with Crippen LogP contribution in [0.25, 0.3) is 0 Å². The summed E-state index contributed by atoms with van der Waals surface area (Å²) in [6.07, 6.45) is -7.67. The molecule has 0 unspecified atom stereocenters. The van der Waals surface area contributed by atoms with E-state index >= 15 is 0 Å². The van der Waals surface area contributed by atoms with E-state index in [1.54, 1.807) is 12.1 Å². The van der Waals surface area contributed by atoms with Crippen LogP contribution >= 0.6 is 0 Å². The number of hydrogen-bond acceptors (Lipinski definition) is 3.